The molecule has 0 saturated heterocycles. The molecule has 2 aliphatic carbocycles. The van der Waals surface area contributed by atoms with Crippen LogP contribution in [0.15, 0.2) is 34.1 Å². The van der Waals surface area contributed by atoms with E-state index in [1.54, 1.807) is 0 Å². The first-order valence-electron chi connectivity index (χ1n) is 8.17. The fourth-order valence-electron chi connectivity index (χ4n) is 5.00. The first-order chi connectivity index (χ1) is 10.7. The van der Waals surface area contributed by atoms with E-state index in [-0.39, 0.29) is 4.87 Å². The number of nitrogens with one attached hydrogen (secondary N) is 1. The van der Waals surface area contributed by atoms with Gasteiger partial charge in [0.2, 0.25) is 0 Å². The van der Waals surface area contributed by atoms with Gasteiger partial charge in [0, 0.05) is 16.0 Å². The standard InChI is InChI=1S/C18H19NOS2/c1-9-2-4-10(5-3-9)13-14-11-6-7-12(8-11)15(14)21-17-16(13)22-18(20)19-17/h2-5,11-15H,6-8H2,1H3,(H,19,20)/t11-,12-,13+,14-,15+/m1/s1. The molecule has 0 amide bonds. The zero-order valence-electron chi connectivity index (χ0n) is 12.5. The summed E-state index contributed by atoms with van der Waals surface area (Å²) >= 11 is 3.41. The Labute approximate surface area is 138 Å². The quantitative estimate of drug-likeness (QED) is 0.841. The molecular formula is C18H19NOS2. The lowest BCUT2D eigenvalue weighted by Gasteiger charge is -2.40. The van der Waals surface area contributed by atoms with Crippen molar-refractivity contribution in [2.75, 3.05) is 0 Å². The molecule has 2 aromatic rings. The third-order valence-electron chi connectivity index (χ3n) is 5.90. The van der Waals surface area contributed by atoms with Gasteiger partial charge in [0.05, 0.1) is 5.03 Å². The van der Waals surface area contributed by atoms with Crippen molar-refractivity contribution in [3.05, 3.63) is 49.9 Å². The number of fused-ring (bicyclic) bond motifs is 6. The van der Waals surface area contributed by atoms with Gasteiger partial charge in [-0.15, -0.1) is 11.8 Å². The fourth-order valence-corrected chi connectivity index (χ4v) is 7.89. The van der Waals surface area contributed by atoms with E-state index in [0.717, 1.165) is 22.8 Å². The number of thiazole rings is 1. The van der Waals surface area contributed by atoms with Gasteiger partial charge in [0.1, 0.15) is 0 Å². The molecule has 3 aliphatic rings. The number of rotatable bonds is 1. The molecule has 5 atom stereocenters. The molecule has 0 unspecified atom stereocenters. The number of aromatic nitrogens is 1. The van der Waals surface area contributed by atoms with Crippen LogP contribution in [0.4, 0.5) is 0 Å². The molecule has 2 fully saturated rings. The van der Waals surface area contributed by atoms with Crippen molar-refractivity contribution in [1.29, 1.82) is 0 Å². The summed E-state index contributed by atoms with van der Waals surface area (Å²) in [5, 5.41) is 1.87. The summed E-state index contributed by atoms with van der Waals surface area (Å²) in [7, 11) is 0. The van der Waals surface area contributed by atoms with Gasteiger partial charge in [-0.1, -0.05) is 41.2 Å². The monoisotopic (exact) mass is 329 g/mol. The molecule has 0 radical (unpaired) electrons. The average Bonchev–Trinajstić information content (AvgIpc) is 3.19. The van der Waals surface area contributed by atoms with Crippen LogP contribution >= 0.6 is 23.1 Å². The van der Waals surface area contributed by atoms with Crippen molar-refractivity contribution >= 4 is 23.1 Å². The molecule has 1 aliphatic heterocycles. The van der Waals surface area contributed by atoms with Gasteiger partial charge in [-0.25, -0.2) is 0 Å². The molecule has 1 N–H and O–H groups in total. The molecule has 2 bridgehead atoms. The Morgan fingerprint density at radius 1 is 1.14 bits per heavy atom. The predicted octanol–water partition coefficient (Wildman–Crippen LogP) is 4.40. The van der Waals surface area contributed by atoms with E-state index < -0.39 is 0 Å². The Morgan fingerprint density at radius 3 is 2.73 bits per heavy atom. The summed E-state index contributed by atoms with van der Waals surface area (Å²) in [5.74, 6) is 2.88. The highest BCUT2D eigenvalue weighted by Crippen LogP contribution is 2.63. The highest BCUT2D eigenvalue weighted by molar-refractivity contribution is 8.00. The molecular weight excluding hydrogens is 310 g/mol. The van der Waals surface area contributed by atoms with Crippen LogP contribution in [0.3, 0.4) is 0 Å². The lowest BCUT2D eigenvalue weighted by molar-refractivity contribution is 0.307. The first kappa shape index (κ1) is 13.4. The van der Waals surface area contributed by atoms with Gasteiger partial charge in [0.25, 0.3) is 0 Å². The molecule has 0 spiro atoms. The number of benzene rings is 1. The van der Waals surface area contributed by atoms with Gasteiger partial charge in [-0.2, -0.15) is 0 Å². The number of aromatic amines is 1. The number of thioether (sulfide) groups is 1. The number of aryl methyl sites for hydroxylation is 1. The van der Waals surface area contributed by atoms with E-state index in [1.165, 1.54) is 46.6 Å². The maximum absolute atomic E-state index is 11.9. The fraction of sp³-hybridized carbons (Fsp3) is 0.500. The molecule has 1 aromatic carbocycles. The maximum Gasteiger partial charge on any atom is 0.305 e. The number of hydrogen-bond donors (Lipinski definition) is 1. The van der Waals surface area contributed by atoms with Crippen molar-refractivity contribution in [3.63, 3.8) is 0 Å². The highest BCUT2D eigenvalue weighted by atomic mass is 32.2. The molecule has 4 heteroatoms. The Hall–Kier alpha value is -1.000. The second-order valence-electron chi connectivity index (χ2n) is 7.09. The minimum atomic E-state index is 0.113. The smallest absolute Gasteiger partial charge is 0.305 e. The van der Waals surface area contributed by atoms with Crippen LogP contribution in [0.5, 0.6) is 0 Å². The average molecular weight is 329 g/mol. The largest absolute Gasteiger partial charge is 0.307 e. The van der Waals surface area contributed by atoms with Crippen molar-refractivity contribution in [3.8, 4) is 0 Å². The normalized spacial score (nSPS) is 35.4. The SMILES string of the molecule is Cc1ccc([C@@H]2c3sc(=O)[nH]c3S[C@H]3[C@@H]4CC[C@H](C4)[C@H]23)cc1. The maximum atomic E-state index is 11.9. The van der Waals surface area contributed by atoms with Gasteiger partial charge in [-0.05, 0) is 49.5 Å². The van der Waals surface area contributed by atoms with Crippen LogP contribution in [-0.2, 0) is 0 Å². The second kappa shape index (κ2) is 4.75. The molecule has 1 aromatic heterocycles. The Balaban J connectivity index is 1.68. The van der Waals surface area contributed by atoms with Crippen molar-refractivity contribution in [2.45, 2.75) is 42.4 Å². The van der Waals surface area contributed by atoms with Crippen molar-refractivity contribution in [2.24, 2.45) is 17.8 Å². The van der Waals surface area contributed by atoms with Crippen molar-refractivity contribution in [1.82, 2.24) is 4.98 Å². The van der Waals surface area contributed by atoms with Gasteiger partial charge < -0.3 is 4.98 Å². The van der Waals surface area contributed by atoms with E-state index in [9.17, 15) is 4.79 Å². The minimum absolute atomic E-state index is 0.113. The molecule has 2 saturated carbocycles. The summed E-state index contributed by atoms with van der Waals surface area (Å²) in [4.78, 5) is 16.5. The second-order valence-corrected chi connectivity index (χ2v) is 9.29. The third-order valence-corrected chi connectivity index (χ3v) is 8.53. The summed E-state index contributed by atoms with van der Waals surface area (Å²) in [5.41, 5.74) is 2.71. The summed E-state index contributed by atoms with van der Waals surface area (Å²) in [6.45, 7) is 2.14. The van der Waals surface area contributed by atoms with Crippen molar-refractivity contribution < 1.29 is 0 Å². The third kappa shape index (κ3) is 1.83. The van der Waals surface area contributed by atoms with E-state index in [4.69, 9.17) is 0 Å². The topological polar surface area (TPSA) is 32.9 Å². The first-order valence-corrected chi connectivity index (χ1v) is 9.86. The summed E-state index contributed by atoms with van der Waals surface area (Å²) < 4.78 is 0. The summed E-state index contributed by atoms with van der Waals surface area (Å²) in [6.07, 6.45) is 4.19. The van der Waals surface area contributed by atoms with Crippen LogP contribution in [0.1, 0.15) is 41.2 Å². The van der Waals surface area contributed by atoms with Crippen LogP contribution < -0.4 is 4.87 Å². The number of H-pyrrole nitrogens is 1. The Kier molecular flexibility index (Phi) is 2.90. The molecule has 2 nitrogen and oxygen atoms in total. The van der Waals surface area contributed by atoms with Gasteiger partial charge in [-0.3, -0.25) is 4.79 Å². The molecule has 22 heavy (non-hydrogen) atoms. The van der Waals surface area contributed by atoms with E-state index in [1.807, 2.05) is 11.8 Å². The highest BCUT2D eigenvalue weighted by Gasteiger charge is 2.54. The molecule has 5 rings (SSSR count). The van der Waals surface area contributed by atoms with Gasteiger partial charge >= 0.3 is 4.87 Å². The molecule has 2 heterocycles. The van der Waals surface area contributed by atoms with E-state index >= 15 is 0 Å². The molecule has 114 valence electrons. The minimum Gasteiger partial charge on any atom is -0.307 e. The van der Waals surface area contributed by atoms with E-state index in [0.29, 0.717) is 11.2 Å². The van der Waals surface area contributed by atoms with Crippen LogP contribution in [-0.4, -0.2) is 10.2 Å². The number of hydrogen-bond acceptors (Lipinski definition) is 3. The predicted molar refractivity (Wildman–Crippen MR) is 91.9 cm³/mol. The zero-order chi connectivity index (χ0) is 14.8. The lowest BCUT2D eigenvalue weighted by atomic mass is 9.75. The van der Waals surface area contributed by atoms with Gasteiger partial charge in [0.15, 0.2) is 0 Å². The van der Waals surface area contributed by atoms with E-state index in [2.05, 4.69) is 36.2 Å². The lowest BCUT2D eigenvalue weighted by Crippen LogP contribution is -2.33. The van der Waals surface area contributed by atoms with Crippen LogP contribution in [0, 0.1) is 24.7 Å². The van der Waals surface area contributed by atoms with Crippen LogP contribution in [0.25, 0.3) is 0 Å². The zero-order valence-corrected chi connectivity index (χ0v) is 14.2. The Bertz CT molecular complexity index is 775. The Morgan fingerprint density at radius 2 is 1.91 bits per heavy atom. The summed E-state index contributed by atoms with van der Waals surface area (Å²) in [6, 6.07) is 9.00. The van der Waals surface area contributed by atoms with Crippen LogP contribution in [0.2, 0.25) is 0 Å².